The molecule has 1 heterocycles. The van der Waals surface area contributed by atoms with E-state index in [0.717, 1.165) is 0 Å². The second-order valence-electron chi connectivity index (χ2n) is 5.78. The lowest BCUT2D eigenvalue weighted by Gasteiger charge is -2.39. The van der Waals surface area contributed by atoms with Crippen molar-refractivity contribution in [2.75, 3.05) is 6.16 Å². The van der Waals surface area contributed by atoms with Gasteiger partial charge in [-0.2, -0.15) is 0 Å². The number of para-hydroxylation sites is 1. The average Bonchev–Trinajstić information content (AvgIpc) is 2.34. The molecule has 1 aliphatic heterocycles. The highest BCUT2D eigenvalue weighted by atomic mass is 31.2. The molecule has 0 spiro atoms. The SMILES string of the molecule is CC(C)CP(=O)(NC(C)C1OC(C)O1)Oc1ccccc1. The molecule has 118 valence electrons. The first-order valence-electron chi connectivity index (χ1n) is 7.30. The second kappa shape index (κ2) is 6.93. The van der Waals surface area contributed by atoms with Crippen LogP contribution < -0.4 is 9.61 Å². The molecule has 2 atom stereocenters. The van der Waals surface area contributed by atoms with E-state index in [0.29, 0.717) is 11.9 Å². The number of ether oxygens (including phenoxy) is 2. The first kappa shape index (κ1) is 16.5. The number of nitrogens with one attached hydrogen (secondary N) is 1. The Bertz CT molecular complexity index is 488. The number of benzene rings is 1. The molecule has 0 aromatic heterocycles. The van der Waals surface area contributed by atoms with Crippen molar-refractivity contribution in [2.45, 2.75) is 46.3 Å². The van der Waals surface area contributed by atoms with Gasteiger partial charge in [0.25, 0.3) is 0 Å². The summed E-state index contributed by atoms with van der Waals surface area (Å²) < 4.78 is 29.7. The first-order valence-corrected chi connectivity index (χ1v) is 9.11. The Hall–Kier alpha value is -0.870. The Morgan fingerprint density at radius 1 is 1.24 bits per heavy atom. The van der Waals surface area contributed by atoms with Crippen LogP contribution in [-0.2, 0) is 14.0 Å². The summed E-state index contributed by atoms with van der Waals surface area (Å²) in [6.07, 6.45) is -0.118. The summed E-state index contributed by atoms with van der Waals surface area (Å²) in [6, 6.07) is 9.02. The largest absolute Gasteiger partial charge is 0.433 e. The Morgan fingerprint density at radius 3 is 2.38 bits per heavy atom. The zero-order chi connectivity index (χ0) is 15.5. The summed E-state index contributed by atoms with van der Waals surface area (Å²) >= 11 is 0. The Labute approximate surface area is 126 Å². The van der Waals surface area contributed by atoms with Gasteiger partial charge in [0, 0.05) is 0 Å². The van der Waals surface area contributed by atoms with Crippen molar-refractivity contribution >= 4 is 7.52 Å². The number of hydrogen-bond donors (Lipinski definition) is 1. The maximum absolute atomic E-state index is 13.1. The van der Waals surface area contributed by atoms with Crippen LogP contribution in [0.5, 0.6) is 5.75 Å². The van der Waals surface area contributed by atoms with Crippen LogP contribution in [0.15, 0.2) is 30.3 Å². The van der Waals surface area contributed by atoms with Crippen LogP contribution in [0.4, 0.5) is 0 Å². The second-order valence-corrected chi connectivity index (χ2v) is 7.93. The van der Waals surface area contributed by atoms with Crippen molar-refractivity contribution in [1.82, 2.24) is 5.09 Å². The van der Waals surface area contributed by atoms with Crippen molar-refractivity contribution in [2.24, 2.45) is 5.92 Å². The van der Waals surface area contributed by atoms with Gasteiger partial charge in [0.15, 0.2) is 12.6 Å². The zero-order valence-electron chi connectivity index (χ0n) is 13.0. The van der Waals surface area contributed by atoms with Gasteiger partial charge >= 0.3 is 7.52 Å². The van der Waals surface area contributed by atoms with Gasteiger partial charge in [0.2, 0.25) is 0 Å². The van der Waals surface area contributed by atoms with E-state index in [-0.39, 0.29) is 24.5 Å². The van der Waals surface area contributed by atoms with Gasteiger partial charge in [-0.25, -0.2) is 5.09 Å². The van der Waals surface area contributed by atoms with Crippen molar-refractivity contribution in [3.05, 3.63) is 30.3 Å². The van der Waals surface area contributed by atoms with Gasteiger partial charge in [-0.1, -0.05) is 32.0 Å². The van der Waals surface area contributed by atoms with E-state index in [1.165, 1.54) is 0 Å². The van der Waals surface area contributed by atoms with Crippen LogP contribution >= 0.6 is 7.52 Å². The molecule has 1 N–H and O–H groups in total. The maximum Gasteiger partial charge on any atom is 0.317 e. The predicted octanol–water partition coefficient (Wildman–Crippen LogP) is 3.61. The van der Waals surface area contributed by atoms with Crippen LogP contribution in [-0.4, -0.2) is 24.8 Å². The third kappa shape index (κ3) is 4.82. The molecule has 0 amide bonds. The maximum atomic E-state index is 13.1. The Balaban J connectivity index is 2.04. The lowest BCUT2D eigenvalue weighted by Crippen LogP contribution is -2.50. The van der Waals surface area contributed by atoms with Crippen LogP contribution in [0.3, 0.4) is 0 Å². The van der Waals surface area contributed by atoms with Crippen LogP contribution in [0, 0.1) is 5.92 Å². The van der Waals surface area contributed by atoms with Crippen molar-refractivity contribution in [3.63, 3.8) is 0 Å². The van der Waals surface area contributed by atoms with Crippen molar-refractivity contribution in [3.8, 4) is 5.75 Å². The molecule has 0 radical (unpaired) electrons. The van der Waals surface area contributed by atoms with Gasteiger partial charge in [0.05, 0.1) is 12.2 Å². The van der Waals surface area contributed by atoms with E-state index in [9.17, 15) is 4.57 Å². The third-order valence-electron chi connectivity index (χ3n) is 3.06. The highest BCUT2D eigenvalue weighted by Gasteiger charge is 2.37. The van der Waals surface area contributed by atoms with Gasteiger partial charge in [-0.05, 0) is 31.9 Å². The summed E-state index contributed by atoms with van der Waals surface area (Å²) in [6.45, 7) is 7.76. The highest BCUT2D eigenvalue weighted by molar-refractivity contribution is 7.57. The predicted molar refractivity (Wildman–Crippen MR) is 82.4 cm³/mol. The Morgan fingerprint density at radius 2 is 1.86 bits per heavy atom. The highest BCUT2D eigenvalue weighted by Crippen LogP contribution is 2.45. The molecule has 21 heavy (non-hydrogen) atoms. The molecule has 5 nitrogen and oxygen atoms in total. The topological polar surface area (TPSA) is 56.8 Å². The van der Waals surface area contributed by atoms with Crippen LogP contribution in [0.2, 0.25) is 0 Å². The van der Waals surface area contributed by atoms with Crippen LogP contribution in [0.25, 0.3) is 0 Å². The van der Waals surface area contributed by atoms with Gasteiger partial charge in [-0.3, -0.25) is 4.57 Å². The number of rotatable bonds is 7. The molecular weight excluding hydrogens is 289 g/mol. The van der Waals surface area contributed by atoms with Gasteiger partial charge < -0.3 is 14.0 Å². The average molecular weight is 313 g/mol. The summed E-state index contributed by atoms with van der Waals surface area (Å²) in [7, 11) is -3.02. The van der Waals surface area contributed by atoms with E-state index in [1.54, 1.807) is 12.1 Å². The van der Waals surface area contributed by atoms with E-state index >= 15 is 0 Å². The molecule has 0 saturated carbocycles. The van der Waals surface area contributed by atoms with E-state index in [1.807, 2.05) is 45.9 Å². The molecule has 1 aromatic carbocycles. The minimum Gasteiger partial charge on any atom is -0.433 e. The molecule has 1 aromatic rings. The fraction of sp³-hybridized carbons (Fsp3) is 0.600. The summed E-state index contributed by atoms with van der Waals surface area (Å²) in [5.74, 6) is 0.853. The lowest BCUT2D eigenvalue weighted by atomic mass is 10.3. The van der Waals surface area contributed by atoms with E-state index in [2.05, 4.69) is 5.09 Å². The molecule has 0 aliphatic carbocycles. The smallest absolute Gasteiger partial charge is 0.317 e. The third-order valence-corrected chi connectivity index (χ3v) is 5.58. The van der Waals surface area contributed by atoms with Gasteiger partial charge in [-0.15, -0.1) is 0 Å². The zero-order valence-corrected chi connectivity index (χ0v) is 13.9. The summed E-state index contributed by atoms with van der Waals surface area (Å²) in [5, 5.41) is 3.08. The van der Waals surface area contributed by atoms with E-state index in [4.69, 9.17) is 14.0 Å². The van der Waals surface area contributed by atoms with Crippen molar-refractivity contribution in [1.29, 1.82) is 0 Å². The molecule has 1 aliphatic rings. The molecule has 1 fully saturated rings. The normalized spacial score (nSPS) is 26.0. The molecule has 6 heteroatoms. The molecule has 1 saturated heterocycles. The minimum absolute atomic E-state index is 0.196. The fourth-order valence-electron chi connectivity index (χ4n) is 2.24. The molecule has 2 rings (SSSR count). The van der Waals surface area contributed by atoms with Crippen LogP contribution in [0.1, 0.15) is 27.7 Å². The fourth-order valence-corrected chi connectivity index (χ4v) is 4.64. The minimum atomic E-state index is -3.02. The monoisotopic (exact) mass is 313 g/mol. The quantitative estimate of drug-likeness (QED) is 0.779. The number of hydrogen-bond acceptors (Lipinski definition) is 4. The molecule has 0 bridgehead atoms. The van der Waals surface area contributed by atoms with Gasteiger partial charge in [0.1, 0.15) is 5.75 Å². The first-order chi connectivity index (χ1) is 9.88. The Kier molecular flexibility index (Phi) is 5.44. The lowest BCUT2D eigenvalue weighted by molar-refractivity contribution is -0.381. The summed E-state index contributed by atoms with van der Waals surface area (Å²) in [4.78, 5) is 0. The summed E-state index contributed by atoms with van der Waals surface area (Å²) in [5.41, 5.74) is 0. The standard InChI is InChI=1S/C15H24NO4P/c1-11(2)10-21(17,20-14-8-6-5-7-9-14)16-12(3)15-18-13(4)19-15/h5-9,11-13,15H,10H2,1-4H3,(H,16,17). The van der Waals surface area contributed by atoms with Crippen molar-refractivity contribution < 1.29 is 18.6 Å². The molecule has 2 unspecified atom stereocenters. The van der Waals surface area contributed by atoms with E-state index < -0.39 is 7.52 Å². The molecular formula is C15H24NO4P.